The van der Waals surface area contributed by atoms with E-state index < -0.39 is 11.6 Å². The average molecular weight is 222 g/mol. The minimum atomic E-state index is -0.640. The van der Waals surface area contributed by atoms with E-state index in [1.54, 1.807) is 11.0 Å². The maximum absolute atomic E-state index is 13.6. The summed E-state index contributed by atoms with van der Waals surface area (Å²) in [6.07, 6.45) is 3.02. The van der Waals surface area contributed by atoms with Crippen molar-refractivity contribution in [3.05, 3.63) is 29.3 Å². The van der Waals surface area contributed by atoms with Crippen molar-refractivity contribution >= 4 is 5.69 Å². The van der Waals surface area contributed by atoms with Crippen molar-refractivity contribution in [1.82, 2.24) is 0 Å². The third-order valence-corrected chi connectivity index (χ3v) is 2.82. The molecule has 0 atom stereocenters. The van der Waals surface area contributed by atoms with Gasteiger partial charge in [-0.25, -0.2) is 8.78 Å². The molecule has 0 aromatic heterocycles. The molecule has 0 bridgehead atoms. The number of benzene rings is 1. The van der Waals surface area contributed by atoms with Crippen LogP contribution in [-0.4, -0.2) is 13.1 Å². The number of anilines is 1. The number of hydrogen-bond acceptors (Lipinski definition) is 2. The molecule has 84 valence electrons. The van der Waals surface area contributed by atoms with Crippen LogP contribution in [0.3, 0.4) is 0 Å². The van der Waals surface area contributed by atoms with Crippen LogP contribution in [0.2, 0.25) is 0 Å². The quantitative estimate of drug-likeness (QED) is 0.730. The molecule has 0 spiro atoms. The van der Waals surface area contributed by atoms with Gasteiger partial charge < -0.3 is 4.90 Å². The number of nitrogens with zero attached hydrogens (tertiary/aromatic N) is 2. The molecule has 1 aliphatic rings. The normalized spacial score (nSPS) is 15.9. The summed E-state index contributed by atoms with van der Waals surface area (Å²) in [6.45, 7) is 1.36. The molecule has 1 heterocycles. The molecule has 0 amide bonds. The molecule has 0 radical (unpaired) electrons. The molecule has 1 aliphatic heterocycles. The lowest BCUT2D eigenvalue weighted by Crippen LogP contribution is -2.31. The van der Waals surface area contributed by atoms with Gasteiger partial charge in [-0.2, -0.15) is 5.26 Å². The minimum absolute atomic E-state index is 0.0127. The molecule has 1 saturated heterocycles. The Balaban J connectivity index is 2.36. The summed E-state index contributed by atoms with van der Waals surface area (Å²) in [5.74, 6) is -1.28. The van der Waals surface area contributed by atoms with Gasteiger partial charge in [-0.05, 0) is 31.4 Å². The molecule has 4 heteroatoms. The lowest BCUT2D eigenvalue weighted by molar-refractivity contribution is 0.530. The number of halogens is 2. The van der Waals surface area contributed by atoms with E-state index in [2.05, 4.69) is 0 Å². The summed E-state index contributed by atoms with van der Waals surface area (Å²) < 4.78 is 27.3. The summed E-state index contributed by atoms with van der Waals surface area (Å²) in [5.41, 5.74) is 0.0365. The van der Waals surface area contributed by atoms with Crippen molar-refractivity contribution < 1.29 is 8.78 Å². The van der Waals surface area contributed by atoms with Crippen molar-refractivity contribution in [2.45, 2.75) is 19.3 Å². The third-order valence-electron chi connectivity index (χ3n) is 2.82. The Morgan fingerprint density at radius 1 is 1.06 bits per heavy atom. The van der Waals surface area contributed by atoms with Crippen molar-refractivity contribution in [3.8, 4) is 6.07 Å². The van der Waals surface area contributed by atoms with Gasteiger partial charge in [0.25, 0.3) is 0 Å². The standard InChI is InChI=1S/C12H12F2N2/c13-10-6-9(8-15)7-11(14)12(10)16-4-2-1-3-5-16/h6-7H,1-5H2. The van der Waals surface area contributed by atoms with Crippen molar-refractivity contribution in [2.24, 2.45) is 0 Å². The largest absolute Gasteiger partial charge is 0.367 e. The Kier molecular flexibility index (Phi) is 3.04. The third kappa shape index (κ3) is 1.99. The average Bonchev–Trinajstić information content (AvgIpc) is 2.29. The van der Waals surface area contributed by atoms with Gasteiger partial charge in [-0.1, -0.05) is 0 Å². The van der Waals surface area contributed by atoms with Crippen molar-refractivity contribution in [2.75, 3.05) is 18.0 Å². The van der Waals surface area contributed by atoms with Crippen LogP contribution in [-0.2, 0) is 0 Å². The second kappa shape index (κ2) is 4.48. The van der Waals surface area contributed by atoms with Crippen LogP contribution in [0.4, 0.5) is 14.5 Å². The summed E-state index contributed by atoms with van der Waals surface area (Å²) >= 11 is 0. The topological polar surface area (TPSA) is 27.0 Å². The Labute approximate surface area is 93.1 Å². The molecular formula is C12H12F2N2. The highest BCUT2D eigenvalue weighted by molar-refractivity contribution is 5.52. The molecule has 0 saturated carbocycles. The first-order valence-electron chi connectivity index (χ1n) is 5.36. The fourth-order valence-corrected chi connectivity index (χ4v) is 2.05. The van der Waals surface area contributed by atoms with Gasteiger partial charge in [0.15, 0.2) is 11.6 Å². The van der Waals surface area contributed by atoms with Gasteiger partial charge in [0, 0.05) is 13.1 Å². The van der Waals surface area contributed by atoms with E-state index in [1.807, 2.05) is 0 Å². The SMILES string of the molecule is N#Cc1cc(F)c(N2CCCCC2)c(F)c1. The van der Waals surface area contributed by atoms with E-state index in [0.29, 0.717) is 13.1 Å². The van der Waals surface area contributed by atoms with Gasteiger partial charge in [-0.3, -0.25) is 0 Å². The molecule has 2 rings (SSSR count). The highest BCUT2D eigenvalue weighted by atomic mass is 19.1. The Morgan fingerprint density at radius 3 is 2.12 bits per heavy atom. The fourth-order valence-electron chi connectivity index (χ4n) is 2.05. The maximum atomic E-state index is 13.6. The fraction of sp³-hybridized carbons (Fsp3) is 0.417. The van der Waals surface area contributed by atoms with E-state index in [0.717, 1.165) is 31.4 Å². The molecule has 2 nitrogen and oxygen atoms in total. The summed E-state index contributed by atoms with van der Waals surface area (Å²) in [5, 5.41) is 8.59. The molecule has 0 aliphatic carbocycles. The molecule has 0 N–H and O–H groups in total. The van der Waals surface area contributed by atoms with Gasteiger partial charge in [-0.15, -0.1) is 0 Å². The van der Waals surface area contributed by atoms with Crippen LogP contribution < -0.4 is 4.90 Å². The van der Waals surface area contributed by atoms with Gasteiger partial charge in [0.2, 0.25) is 0 Å². The summed E-state index contributed by atoms with van der Waals surface area (Å²) in [4.78, 5) is 1.72. The van der Waals surface area contributed by atoms with Gasteiger partial charge in [0.1, 0.15) is 5.69 Å². The zero-order chi connectivity index (χ0) is 11.5. The highest BCUT2D eigenvalue weighted by Crippen LogP contribution is 2.27. The van der Waals surface area contributed by atoms with Crippen LogP contribution >= 0.6 is 0 Å². The molecule has 1 aromatic rings. The minimum Gasteiger partial charge on any atom is -0.367 e. The highest BCUT2D eigenvalue weighted by Gasteiger charge is 2.19. The van der Waals surface area contributed by atoms with E-state index in [-0.39, 0.29) is 11.3 Å². The van der Waals surface area contributed by atoms with Crippen LogP contribution in [0.15, 0.2) is 12.1 Å². The molecular weight excluding hydrogens is 210 g/mol. The Bertz CT molecular complexity index is 408. The van der Waals surface area contributed by atoms with Crippen molar-refractivity contribution in [3.63, 3.8) is 0 Å². The van der Waals surface area contributed by atoms with E-state index in [1.165, 1.54) is 0 Å². The predicted molar refractivity (Wildman–Crippen MR) is 57.1 cm³/mol. The molecule has 1 aromatic carbocycles. The second-order valence-electron chi connectivity index (χ2n) is 3.95. The van der Waals surface area contributed by atoms with E-state index >= 15 is 0 Å². The van der Waals surface area contributed by atoms with Crippen LogP contribution in [0.1, 0.15) is 24.8 Å². The van der Waals surface area contributed by atoms with Gasteiger partial charge in [0.05, 0.1) is 11.6 Å². The maximum Gasteiger partial charge on any atom is 0.150 e. The van der Waals surface area contributed by atoms with Crippen LogP contribution in [0.5, 0.6) is 0 Å². The predicted octanol–water partition coefficient (Wildman–Crippen LogP) is 2.83. The summed E-state index contributed by atoms with van der Waals surface area (Å²) in [6, 6.07) is 3.92. The lowest BCUT2D eigenvalue weighted by atomic mass is 10.1. The number of rotatable bonds is 1. The number of piperidine rings is 1. The zero-order valence-corrected chi connectivity index (χ0v) is 8.84. The number of nitriles is 1. The van der Waals surface area contributed by atoms with E-state index in [9.17, 15) is 8.78 Å². The van der Waals surface area contributed by atoms with Crippen LogP contribution in [0, 0.1) is 23.0 Å². The van der Waals surface area contributed by atoms with Crippen molar-refractivity contribution in [1.29, 1.82) is 5.26 Å². The van der Waals surface area contributed by atoms with E-state index in [4.69, 9.17) is 5.26 Å². The number of hydrogen-bond donors (Lipinski definition) is 0. The second-order valence-corrected chi connectivity index (χ2v) is 3.95. The molecule has 0 unspecified atom stereocenters. The zero-order valence-electron chi connectivity index (χ0n) is 8.84. The first-order valence-corrected chi connectivity index (χ1v) is 5.36. The molecule has 16 heavy (non-hydrogen) atoms. The van der Waals surface area contributed by atoms with Gasteiger partial charge >= 0.3 is 0 Å². The first-order chi connectivity index (χ1) is 7.72. The smallest absolute Gasteiger partial charge is 0.150 e. The lowest BCUT2D eigenvalue weighted by Gasteiger charge is -2.29. The summed E-state index contributed by atoms with van der Waals surface area (Å²) in [7, 11) is 0. The van der Waals surface area contributed by atoms with Crippen LogP contribution in [0.25, 0.3) is 0 Å². The molecule has 1 fully saturated rings. The Morgan fingerprint density at radius 2 is 1.62 bits per heavy atom. The first kappa shape index (κ1) is 10.9. The monoisotopic (exact) mass is 222 g/mol. The Hall–Kier alpha value is -1.63.